The Bertz CT molecular complexity index is 1520. The van der Waals surface area contributed by atoms with Gasteiger partial charge in [-0.3, -0.25) is 0 Å². The Hall–Kier alpha value is -4.11. The smallest absolute Gasteiger partial charge is 0.265 e. The first-order chi connectivity index (χ1) is 18.6. The van der Waals surface area contributed by atoms with Gasteiger partial charge >= 0.3 is 0 Å². The summed E-state index contributed by atoms with van der Waals surface area (Å²) in [6, 6.07) is 3.37. The maximum absolute atomic E-state index is 14.9. The summed E-state index contributed by atoms with van der Waals surface area (Å²) < 4.78 is 62.6. The van der Waals surface area contributed by atoms with Crippen molar-refractivity contribution >= 4 is 22.8 Å². The van der Waals surface area contributed by atoms with Gasteiger partial charge in [0.25, 0.3) is 6.43 Å². The number of nitrogens with zero attached hydrogens (tertiary/aromatic N) is 7. The predicted octanol–water partition coefficient (Wildman–Crippen LogP) is 2.76. The molecule has 2 atom stereocenters. The molecule has 4 heterocycles. The number of aromatic nitrogens is 6. The van der Waals surface area contributed by atoms with E-state index in [0.717, 1.165) is 12.1 Å². The largest absolute Gasteiger partial charge is 0.494 e. The van der Waals surface area contributed by atoms with Crippen molar-refractivity contribution in [3.05, 3.63) is 48.1 Å². The number of aliphatic hydroxyl groups excluding tert-OH is 1. The third-order valence-electron chi connectivity index (χ3n) is 6.82. The number of halogens is 4. The van der Waals surface area contributed by atoms with Gasteiger partial charge < -0.3 is 30.8 Å². The van der Waals surface area contributed by atoms with E-state index >= 15 is 0 Å². The molecule has 0 aliphatic carbocycles. The zero-order valence-corrected chi connectivity index (χ0v) is 20.7. The number of aliphatic hydroxyl groups is 1. The number of piperidine rings is 1. The lowest BCUT2D eigenvalue weighted by Gasteiger charge is -2.43. The number of anilines is 2. The number of rotatable bonds is 7. The molecule has 0 spiro atoms. The van der Waals surface area contributed by atoms with E-state index in [0.29, 0.717) is 29.7 Å². The van der Waals surface area contributed by atoms with E-state index in [1.165, 1.54) is 25.8 Å². The average Bonchev–Trinajstić information content (AvgIpc) is 3.33. The molecule has 1 fully saturated rings. The molecule has 0 amide bonds. The number of nitrogens with two attached hydrogens (primary N) is 2. The number of alkyl halides is 2. The fourth-order valence-electron chi connectivity index (χ4n) is 4.80. The van der Waals surface area contributed by atoms with Gasteiger partial charge in [-0.1, -0.05) is 7.43 Å². The normalized spacial score (nSPS) is 18.1. The first-order valence-corrected chi connectivity index (χ1v) is 11.9. The van der Waals surface area contributed by atoms with Gasteiger partial charge in [-0.25, -0.2) is 32.5 Å². The molecule has 11 nitrogen and oxygen atoms in total. The molecule has 3 aromatic heterocycles. The van der Waals surface area contributed by atoms with Gasteiger partial charge in [0.15, 0.2) is 28.8 Å². The minimum Gasteiger partial charge on any atom is -0.494 e. The summed E-state index contributed by atoms with van der Waals surface area (Å²) >= 11 is 0. The molecule has 5 rings (SSSR count). The lowest BCUT2D eigenvalue weighted by molar-refractivity contribution is -0.0530. The summed E-state index contributed by atoms with van der Waals surface area (Å²) in [5, 5.41) is 18.5. The maximum Gasteiger partial charge on any atom is 0.265 e. The highest BCUT2D eigenvalue weighted by atomic mass is 19.3. The molecule has 0 bridgehead atoms. The van der Waals surface area contributed by atoms with Crippen LogP contribution in [-0.4, -0.2) is 73.1 Å². The third kappa shape index (κ3) is 5.21. The first-order valence-electron chi connectivity index (χ1n) is 11.9. The van der Waals surface area contributed by atoms with Crippen molar-refractivity contribution in [1.82, 2.24) is 29.7 Å². The quantitative estimate of drug-likeness (QED) is 0.286. The molecule has 1 aliphatic heterocycles. The Morgan fingerprint density at radius 1 is 1.12 bits per heavy atom. The van der Waals surface area contributed by atoms with E-state index in [9.17, 15) is 22.7 Å². The second-order valence-corrected chi connectivity index (χ2v) is 9.39. The minimum atomic E-state index is -3.03. The molecule has 0 radical (unpaired) electrons. The summed E-state index contributed by atoms with van der Waals surface area (Å²) in [5.74, 6) is -1.40. The molecule has 15 heteroatoms. The van der Waals surface area contributed by atoms with Gasteiger partial charge in [-0.2, -0.15) is 0 Å². The number of benzene rings is 1. The van der Waals surface area contributed by atoms with Crippen molar-refractivity contribution in [2.75, 3.05) is 30.8 Å². The van der Waals surface area contributed by atoms with Crippen LogP contribution in [0.25, 0.3) is 22.4 Å². The van der Waals surface area contributed by atoms with Crippen LogP contribution in [0.2, 0.25) is 0 Å². The van der Waals surface area contributed by atoms with Crippen LogP contribution in [0, 0.1) is 11.6 Å². The van der Waals surface area contributed by atoms with Crippen LogP contribution in [0.3, 0.4) is 0 Å². The van der Waals surface area contributed by atoms with Crippen LogP contribution in [0.15, 0.2) is 30.9 Å². The van der Waals surface area contributed by atoms with Crippen LogP contribution in [0.1, 0.15) is 25.8 Å². The summed E-state index contributed by atoms with van der Waals surface area (Å²) in [6.07, 6.45) is -1.74. The third-order valence-corrected chi connectivity index (χ3v) is 6.82. The lowest BCUT2D eigenvalue weighted by atomic mass is 9.84. The Balaban J connectivity index is 0.00000370. The zero-order valence-electron chi connectivity index (χ0n) is 20.7. The fourth-order valence-corrected chi connectivity index (χ4v) is 4.80. The minimum absolute atomic E-state index is 0. The van der Waals surface area contributed by atoms with Gasteiger partial charge in [-0.05, 0) is 25.0 Å². The Kier molecular flexibility index (Phi) is 8.07. The molecular formula is C25H29F4N9O2. The number of hydrogen-bond acceptors (Lipinski definition) is 10. The van der Waals surface area contributed by atoms with Crippen LogP contribution < -0.4 is 21.1 Å². The average molecular weight is 564 g/mol. The fraction of sp³-hybridized carbons (Fsp3) is 0.400. The van der Waals surface area contributed by atoms with Crippen molar-refractivity contribution in [3.8, 4) is 17.0 Å². The Labute approximate surface area is 226 Å². The molecule has 40 heavy (non-hydrogen) atoms. The number of methoxy groups -OCH3 is 1. The van der Waals surface area contributed by atoms with Crippen LogP contribution in [0.4, 0.5) is 29.2 Å². The molecule has 4 aromatic rings. The molecular weight excluding hydrogens is 534 g/mol. The summed E-state index contributed by atoms with van der Waals surface area (Å²) in [5.41, 5.74) is 11.6. The maximum atomic E-state index is 14.9. The van der Waals surface area contributed by atoms with Crippen molar-refractivity contribution in [1.29, 1.82) is 0 Å². The van der Waals surface area contributed by atoms with E-state index in [1.807, 2.05) is 0 Å². The number of ether oxygens (including phenoxy) is 1. The summed E-state index contributed by atoms with van der Waals surface area (Å²) in [6.45, 7) is 0.336. The van der Waals surface area contributed by atoms with Crippen molar-refractivity contribution in [3.63, 3.8) is 0 Å². The molecule has 1 saturated heterocycles. The molecule has 1 aromatic carbocycles. The highest BCUT2D eigenvalue weighted by Crippen LogP contribution is 2.33. The van der Waals surface area contributed by atoms with Crippen molar-refractivity contribution in [2.24, 2.45) is 5.73 Å². The standard InChI is InChI=1S/C24H25F4N9O2.CH4/c1-39-17-7-14(25)13(6-15(17)26)16-5-12(8-37-11-33-18-21(29)31-10-32-23(18)37)22(35-34-16)36-4-2-3-24(30,9-36)19(38)20(27)28;/h5-7,10-11,19-20,38H,2-4,8-9,30H2,1H3,(H2,29,31,32);1H4. The van der Waals surface area contributed by atoms with E-state index in [-0.39, 0.29) is 55.6 Å². The van der Waals surface area contributed by atoms with E-state index < -0.39 is 29.7 Å². The van der Waals surface area contributed by atoms with Crippen LogP contribution >= 0.6 is 0 Å². The van der Waals surface area contributed by atoms with Gasteiger partial charge in [0.1, 0.15) is 23.8 Å². The zero-order chi connectivity index (χ0) is 27.9. The highest BCUT2D eigenvalue weighted by molar-refractivity contribution is 5.81. The molecule has 214 valence electrons. The van der Waals surface area contributed by atoms with Gasteiger partial charge in [0.05, 0.1) is 31.2 Å². The topological polar surface area (TPSA) is 154 Å². The van der Waals surface area contributed by atoms with E-state index in [4.69, 9.17) is 16.2 Å². The summed E-state index contributed by atoms with van der Waals surface area (Å²) in [4.78, 5) is 14.1. The van der Waals surface area contributed by atoms with Crippen LogP contribution in [0.5, 0.6) is 5.75 Å². The number of nitrogen functional groups attached to an aromatic ring is 1. The second-order valence-electron chi connectivity index (χ2n) is 9.39. The van der Waals surface area contributed by atoms with Gasteiger partial charge in [0.2, 0.25) is 0 Å². The lowest BCUT2D eigenvalue weighted by Crippen LogP contribution is -2.63. The first kappa shape index (κ1) is 28.9. The SMILES string of the molecule is C.COc1cc(F)c(-c2cc(Cn3cnc4c(N)ncnc43)c(N3CCCC(N)(C(O)C(F)F)C3)nn2)cc1F. The Morgan fingerprint density at radius 2 is 1.90 bits per heavy atom. The van der Waals surface area contributed by atoms with Crippen LogP contribution in [-0.2, 0) is 6.54 Å². The molecule has 1 aliphatic rings. The number of hydrogen-bond donors (Lipinski definition) is 3. The van der Waals surface area contributed by atoms with Gasteiger partial charge in [0, 0.05) is 30.3 Å². The number of imidazole rings is 1. The second kappa shape index (κ2) is 11.2. The van der Waals surface area contributed by atoms with E-state index in [2.05, 4.69) is 25.1 Å². The predicted molar refractivity (Wildman–Crippen MR) is 140 cm³/mol. The molecule has 0 saturated carbocycles. The highest BCUT2D eigenvalue weighted by Gasteiger charge is 2.43. The monoisotopic (exact) mass is 563 g/mol. The van der Waals surface area contributed by atoms with Crippen molar-refractivity contribution in [2.45, 2.75) is 44.9 Å². The summed E-state index contributed by atoms with van der Waals surface area (Å²) in [7, 11) is 1.22. The number of fused-ring (bicyclic) bond motifs is 1. The Morgan fingerprint density at radius 3 is 2.62 bits per heavy atom. The van der Waals surface area contributed by atoms with Gasteiger partial charge in [-0.15, -0.1) is 10.2 Å². The van der Waals surface area contributed by atoms with Crippen molar-refractivity contribution < 1.29 is 27.4 Å². The van der Waals surface area contributed by atoms with E-state index in [1.54, 1.807) is 9.47 Å². The molecule has 5 N–H and O–H groups in total. The molecule has 2 unspecified atom stereocenters.